The summed E-state index contributed by atoms with van der Waals surface area (Å²) >= 11 is 8.68. The van der Waals surface area contributed by atoms with Crippen molar-refractivity contribution < 1.29 is 4.79 Å². The molecule has 0 fully saturated rings. The van der Waals surface area contributed by atoms with Gasteiger partial charge in [-0.3, -0.25) is 4.79 Å². The van der Waals surface area contributed by atoms with E-state index in [1.165, 1.54) is 0 Å². The van der Waals surface area contributed by atoms with Gasteiger partial charge in [0.15, 0.2) is 5.78 Å². The molecule has 1 nitrogen and oxygen atoms in total. The van der Waals surface area contributed by atoms with E-state index in [2.05, 4.69) is 54.5 Å². The molecule has 0 aliphatic heterocycles. The number of carbonyl (C=O) groups excluding carboxylic acids is 1. The molecule has 1 aromatic carbocycles. The lowest BCUT2D eigenvalue weighted by molar-refractivity contribution is 0.102. The summed E-state index contributed by atoms with van der Waals surface area (Å²) in [6.45, 7) is 0. The average Bonchev–Trinajstić information content (AvgIpc) is 2.03. The molecule has 64 valence electrons. The maximum Gasteiger partial charge on any atom is 0.174 e. The van der Waals surface area contributed by atoms with E-state index in [-0.39, 0.29) is 5.78 Å². The Morgan fingerprint density at radius 2 is 2.17 bits per heavy atom. The molecule has 1 rings (SSSR count). The maximum absolute atomic E-state index is 11.3. The van der Waals surface area contributed by atoms with E-state index < -0.39 is 0 Å². The van der Waals surface area contributed by atoms with Gasteiger partial charge in [0.2, 0.25) is 0 Å². The van der Waals surface area contributed by atoms with Crippen molar-refractivity contribution in [1.29, 1.82) is 0 Å². The van der Waals surface area contributed by atoms with Gasteiger partial charge >= 0.3 is 0 Å². The molecule has 0 bridgehead atoms. The lowest BCUT2D eigenvalue weighted by Crippen LogP contribution is -2.00. The fourth-order valence-electron chi connectivity index (χ4n) is 0.788. The van der Waals surface area contributed by atoms with Gasteiger partial charge in [-0.25, -0.2) is 0 Å². The molecule has 0 saturated carbocycles. The van der Waals surface area contributed by atoms with Gasteiger partial charge in [0.05, 0.1) is 5.33 Å². The number of carbonyl (C=O) groups is 1. The lowest BCUT2D eigenvalue weighted by Gasteiger charge is -2.00. The molecule has 0 heterocycles. The van der Waals surface area contributed by atoms with Crippen LogP contribution in [0.3, 0.4) is 0 Å². The fourth-order valence-corrected chi connectivity index (χ4v) is 2.61. The van der Waals surface area contributed by atoms with E-state index in [0.717, 1.165) is 13.6 Å². The highest BCUT2D eigenvalue weighted by molar-refractivity contribution is 14.1. The smallest absolute Gasteiger partial charge is 0.174 e. The Morgan fingerprint density at radius 3 is 2.67 bits per heavy atom. The second-order valence-corrected chi connectivity index (χ2v) is 4.84. The zero-order valence-electron chi connectivity index (χ0n) is 5.98. The van der Waals surface area contributed by atoms with Gasteiger partial charge < -0.3 is 0 Å². The van der Waals surface area contributed by atoms with Gasteiger partial charge in [-0.1, -0.05) is 31.9 Å². The van der Waals surface area contributed by atoms with E-state index in [1.54, 1.807) is 0 Å². The molecular formula is C8H5Br2IO. The van der Waals surface area contributed by atoms with Crippen LogP contribution < -0.4 is 0 Å². The first-order valence-electron chi connectivity index (χ1n) is 3.19. The van der Waals surface area contributed by atoms with Crippen LogP contribution in [-0.4, -0.2) is 11.1 Å². The van der Waals surface area contributed by atoms with Gasteiger partial charge in [-0.2, -0.15) is 0 Å². The minimum absolute atomic E-state index is 0.0956. The van der Waals surface area contributed by atoms with Crippen LogP contribution in [0, 0.1) is 3.57 Å². The summed E-state index contributed by atoms with van der Waals surface area (Å²) in [5, 5.41) is 0.367. The predicted octanol–water partition coefficient (Wildman–Crippen LogP) is 3.63. The highest BCUT2D eigenvalue weighted by Crippen LogP contribution is 2.20. The van der Waals surface area contributed by atoms with E-state index in [0.29, 0.717) is 5.33 Å². The monoisotopic (exact) mass is 402 g/mol. The van der Waals surface area contributed by atoms with Crippen LogP contribution in [0.1, 0.15) is 10.4 Å². The average molecular weight is 404 g/mol. The molecule has 0 aromatic heterocycles. The van der Waals surface area contributed by atoms with Crippen LogP contribution in [0.2, 0.25) is 0 Å². The molecule has 0 saturated heterocycles. The highest BCUT2D eigenvalue weighted by atomic mass is 127. The number of benzene rings is 1. The van der Waals surface area contributed by atoms with Crippen molar-refractivity contribution in [2.75, 3.05) is 5.33 Å². The summed E-state index contributed by atoms with van der Waals surface area (Å²) in [5.41, 5.74) is 0.729. The van der Waals surface area contributed by atoms with Crippen LogP contribution in [0.4, 0.5) is 0 Å². The van der Waals surface area contributed by atoms with Crippen molar-refractivity contribution in [2.45, 2.75) is 0 Å². The van der Waals surface area contributed by atoms with Crippen molar-refractivity contribution in [3.8, 4) is 0 Å². The summed E-state index contributed by atoms with van der Waals surface area (Å²) in [6.07, 6.45) is 0. The Bertz CT molecular complexity index is 312. The van der Waals surface area contributed by atoms with E-state index in [1.807, 2.05) is 18.2 Å². The minimum Gasteiger partial charge on any atom is -0.293 e. The zero-order valence-corrected chi connectivity index (χ0v) is 11.3. The van der Waals surface area contributed by atoms with Crippen molar-refractivity contribution in [1.82, 2.24) is 0 Å². The quantitative estimate of drug-likeness (QED) is 0.418. The molecule has 12 heavy (non-hydrogen) atoms. The Labute approximate surface area is 101 Å². The number of halogens is 3. The number of alkyl halides is 1. The fraction of sp³-hybridized carbons (Fsp3) is 0.125. The van der Waals surface area contributed by atoms with Crippen molar-refractivity contribution in [3.63, 3.8) is 0 Å². The lowest BCUT2D eigenvalue weighted by atomic mass is 10.2. The predicted molar refractivity (Wildman–Crippen MR) is 65.0 cm³/mol. The topological polar surface area (TPSA) is 17.1 Å². The number of ketones is 1. The van der Waals surface area contributed by atoms with Gasteiger partial charge in [-0.15, -0.1) is 0 Å². The van der Waals surface area contributed by atoms with Crippen LogP contribution in [0.5, 0.6) is 0 Å². The summed E-state index contributed by atoms with van der Waals surface area (Å²) in [6, 6.07) is 5.67. The van der Waals surface area contributed by atoms with Crippen LogP contribution in [0.25, 0.3) is 0 Å². The third-order valence-corrected chi connectivity index (χ3v) is 3.19. The van der Waals surface area contributed by atoms with Crippen molar-refractivity contribution in [3.05, 3.63) is 31.8 Å². The van der Waals surface area contributed by atoms with Crippen molar-refractivity contribution >= 4 is 60.2 Å². The third-order valence-electron chi connectivity index (χ3n) is 1.35. The molecule has 0 unspecified atom stereocenters. The van der Waals surface area contributed by atoms with Gasteiger partial charge in [0.1, 0.15) is 0 Å². The summed E-state index contributed by atoms with van der Waals surface area (Å²) in [4.78, 5) is 11.3. The number of hydrogen-bond donors (Lipinski definition) is 0. The first-order chi connectivity index (χ1) is 5.65. The molecule has 0 aliphatic carbocycles. The number of hydrogen-bond acceptors (Lipinski definition) is 1. The summed E-state index contributed by atoms with van der Waals surface area (Å²) in [5.74, 6) is 0.0956. The second-order valence-electron chi connectivity index (χ2n) is 2.18. The number of Topliss-reactive ketones (excluding diaryl/α,β-unsaturated/α-hetero) is 1. The van der Waals surface area contributed by atoms with Crippen LogP contribution in [0.15, 0.2) is 22.7 Å². The standard InChI is InChI=1S/C8H5Br2IO/c9-4-8(12)6-2-1-5(11)3-7(6)10/h1-3H,4H2. The molecule has 1 aromatic rings. The largest absolute Gasteiger partial charge is 0.293 e. The van der Waals surface area contributed by atoms with Gasteiger partial charge in [0.25, 0.3) is 0 Å². The summed E-state index contributed by atoms with van der Waals surface area (Å²) < 4.78 is 1.98. The molecular weight excluding hydrogens is 399 g/mol. The zero-order chi connectivity index (χ0) is 9.14. The second kappa shape index (κ2) is 4.72. The maximum atomic E-state index is 11.3. The number of rotatable bonds is 2. The Hall–Kier alpha value is 0.580. The van der Waals surface area contributed by atoms with Gasteiger partial charge in [-0.05, 0) is 40.8 Å². The SMILES string of the molecule is O=C(CBr)c1ccc(I)cc1Br. The van der Waals surface area contributed by atoms with Crippen LogP contribution in [-0.2, 0) is 0 Å². The molecule has 0 N–H and O–H groups in total. The first kappa shape index (κ1) is 10.7. The Morgan fingerprint density at radius 1 is 1.50 bits per heavy atom. The highest BCUT2D eigenvalue weighted by Gasteiger charge is 2.07. The Balaban J connectivity index is 3.09. The Kier molecular flexibility index (Phi) is 4.19. The van der Waals surface area contributed by atoms with E-state index in [4.69, 9.17) is 0 Å². The molecule has 0 spiro atoms. The van der Waals surface area contributed by atoms with Gasteiger partial charge in [0, 0.05) is 13.6 Å². The van der Waals surface area contributed by atoms with Crippen LogP contribution >= 0.6 is 54.5 Å². The first-order valence-corrected chi connectivity index (χ1v) is 6.18. The molecule has 0 aliphatic rings. The third kappa shape index (κ3) is 2.53. The molecule has 0 atom stereocenters. The van der Waals surface area contributed by atoms with E-state index >= 15 is 0 Å². The minimum atomic E-state index is 0.0956. The van der Waals surface area contributed by atoms with E-state index in [9.17, 15) is 4.79 Å². The molecule has 4 heteroatoms. The normalized spacial score (nSPS) is 9.92. The molecule has 0 radical (unpaired) electrons. The summed E-state index contributed by atoms with van der Waals surface area (Å²) in [7, 11) is 0. The molecule has 0 amide bonds. The van der Waals surface area contributed by atoms with Crippen molar-refractivity contribution in [2.24, 2.45) is 0 Å².